The molecule has 7 nitrogen and oxygen atoms in total. The van der Waals surface area contributed by atoms with E-state index in [1.54, 1.807) is 41.2 Å². The van der Waals surface area contributed by atoms with Crippen LogP contribution in [0.3, 0.4) is 0 Å². The molecule has 2 N–H and O–H groups in total. The first kappa shape index (κ1) is 17.8. The summed E-state index contributed by atoms with van der Waals surface area (Å²) in [6.07, 6.45) is 1.78. The molecule has 28 heavy (non-hydrogen) atoms. The lowest BCUT2D eigenvalue weighted by Crippen LogP contribution is -2.56. The molecule has 1 unspecified atom stereocenters. The first-order chi connectivity index (χ1) is 13.4. The number of nitrogens with zero attached hydrogens (tertiary/aromatic N) is 2. The van der Waals surface area contributed by atoms with Gasteiger partial charge in [-0.3, -0.25) is 14.3 Å². The number of fused-ring (bicyclic) bond motifs is 1. The molecule has 0 saturated heterocycles. The summed E-state index contributed by atoms with van der Waals surface area (Å²) in [6.45, 7) is 4.06. The minimum Gasteiger partial charge on any atom is -0.466 e. The van der Waals surface area contributed by atoms with Crippen LogP contribution in [0.25, 0.3) is 0 Å². The van der Waals surface area contributed by atoms with E-state index in [0.29, 0.717) is 23.8 Å². The Hall–Kier alpha value is -3.61. The molecular weight excluding hydrogens is 356 g/mol. The molecule has 2 heterocycles. The first-order valence-electron chi connectivity index (χ1n) is 8.94. The quantitative estimate of drug-likeness (QED) is 0.686. The predicted molar refractivity (Wildman–Crippen MR) is 105 cm³/mol. The summed E-state index contributed by atoms with van der Waals surface area (Å²) in [5, 5.41) is 9.75. The van der Waals surface area contributed by atoms with Gasteiger partial charge in [-0.2, -0.15) is 5.10 Å². The van der Waals surface area contributed by atoms with E-state index >= 15 is 0 Å². The number of amides is 2. The Morgan fingerprint density at radius 2 is 2.04 bits per heavy atom. The van der Waals surface area contributed by atoms with Gasteiger partial charge in [0.2, 0.25) is 0 Å². The Morgan fingerprint density at radius 1 is 1.21 bits per heavy atom. The smallest absolute Gasteiger partial charge is 0.279 e. The molecule has 7 heteroatoms. The number of nitrogens with one attached hydrogen (secondary N) is 2. The average molecular weight is 376 g/mol. The predicted octanol–water partition coefficient (Wildman–Crippen LogP) is 2.97. The molecule has 0 radical (unpaired) electrons. The van der Waals surface area contributed by atoms with Crippen molar-refractivity contribution in [3.8, 4) is 5.75 Å². The summed E-state index contributed by atoms with van der Waals surface area (Å²) >= 11 is 0. The highest BCUT2D eigenvalue weighted by Gasteiger charge is 2.47. The summed E-state index contributed by atoms with van der Waals surface area (Å²) < 4.78 is 7.45. The fourth-order valence-electron chi connectivity index (χ4n) is 3.07. The molecule has 2 aromatic carbocycles. The van der Waals surface area contributed by atoms with Crippen LogP contribution in [0.4, 0.5) is 11.5 Å². The van der Waals surface area contributed by atoms with Gasteiger partial charge >= 0.3 is 0 Å². The molecule has 1 atom stereocenters. The number of aryl methyl sites for hydroxylation is 1. The van der Waals surface area contributed by atoms with E-state index in [2.05, 4.69) is 21.8 Å². The fourth-order valence-corrected chi connectivity index (χ4v) is 3.07. The number of hydrogen-bond acceptors (Lipinski definition) is 4. The summed E-state index contributed by atoms with van der Waals surface area (Å²) in [5.74, 6) is -0.304. The number of aromatic nitrogens is 2. The Labute approximate surface area is 162 Å². The van der Waals surface area contributed by atoms with Crippen molar-refractivity contribution in [3.05, 3.63) is 71.9 Å². The minimum atomic E-state index is -1.69. The van der Waals surface area contributed by atoms with Crippen molar-refractivity contribution < 1.29 is 14.3 Å². The second-order valence-electron chi connectivity index (χ2n) is 6.93. The highest BCUT2D eigenvalue weighted by Crippen LogP contribution is 2.33. The van der Waals surface area contributed by atoms with Gasteiger partial charge in [0.25, 0.3) is 17.4 Å². The monoisotopic (exact) mass is 376 g/mol. The molecule has 0 fully saturated rings. The van der Waals surface area contributed by atoms with Crippen LogP contribution in [0, 0.1) is 6.92 Å². The number of ether oxygens (including phenoxy) is 1. The molecular formula is C21H20N4O3. The zero-order valence-electron chi connectivity index (χ0n) is 15.6. The Bertz CT molecular complexity index is 1060. The summed E-state index contributed by atoms with van der Waals surface area (Å²) in [5.41, 5.74) is 1.14. The van der Waals surface area contributed by atoms with Crippen LogP contribution >= 0.6 is 0 Å². The largest absolute Gasteiger partial charge is 0.466 e. The van der Waals surface area contributed by atoms with Gasteiger partial charge in [0.1, 0.15) is 5.75 Å². The molecule has 0 saturated carbocycles. The second kappa shape index (κ2) is 6.84. The van der Waals surface area contributed by atoms with Crippen molar-refractivity contribution in [3.63, 3.8) is 0 Å². The molecule has 2 amide bonds. The van der Waals surface area contributed by atoms with E-state index in [9.17, 15) is 9.59 Å². The molecule has 142 valence electrons. The number of anilines is 2. The normalized spacial score (nSPS) is 18.0. The Kier molecular flexibility index (Phi) is 4.35. The van der Waals surface area contributed by atoms with Gasteiger partial charge in [-0.05, 0) is 31.5 Å². The van der Waals surface area contributed by atoms with Crippen LogP contribution in [-0.2, 0) is 16.1 Å². The van der Waals surface area contributed by atoms with Crippen molar-refractivity contribution in [1.29, 1.82) is 0 Å². The van der Waals surface area contributed by atoms with Crippen molar-refractivity contribution >= 4 is 23.3 Å². The lowest BCUT2D eigenvalue weighted by Gasteiger charge is -2.32. The number of para-hydroxylation sites is 2. The van der Waals surface area contributed by atoms with E-state index in [1.165, 1.54) is 12.5 Å². The molecule has 0 spiro atoms. The van der Waals surface area contributed by atoms with Gasteiger partial charge in [0, 0.05) is 12.3 Å². The van der Waals surface area contributed by atoms with E-state index in [-0.39, 0.29) is 0 Å². The molecule has 3 aromatic rings. The van der Waals surface area contributed by atoms with Gasteiger partial charge in [-0.1, -0.05) is 42.0 Å². The van der Waals surface area contributed by atoms with E-state index in [0.717, 1.165) is 5.56 Å². The highest BCUT2D eigenvalue weighted by molar-refractivity contribution is 6.18. The lowest BCUT2D eigenvalue weighted by atomic mass is 10.0. The van der Waals surface area contributed by atoms with Crippen LogP contribution < -0.4 is 15.4 Å². The fraction of sp³-hybridized carbons (Fsp3) is 0.190. The zero-order chi connectivity index (χ0) is 19.7. The van der Waals surface area contributed by atoms with E-state index in [1.807, 2.05) is 25.1 Å². The molecule has 1 aliphatic rings. The summed E-state index contributed by atoms with van der Waals surface area (Å²) in [7, 11) is 0. The standard InChI is InChI=1S/C21H20N4O3/c1-14-6-5-7-15(12-14)13-25-11-10-18(24-25)23-20(27)21(2)19(26)22-16-8-3-4-9-17(16)28-21/h3-12H,13H2,1-2H3,(H,22,26)(H,23,24,27). The Balaban J connectivity index is 1.48. The van der Waals surface area contributed by atoms with Gasteiger partial charge in [0.05, 0.1) is 12.2 Å². The lowest BCUT2D eigenvalue weighted by molar-refractivity contribution is -0.143. The van der Waals surface area contributed by atoms with Crippen molar-refractivity contribution in [1.82, 2.24) is 9.78 Å². The molecule has 1 aromatic heterocycles. The van der Waals surface area contributed by atoms with Crippen LogP contribution in [-0.4, -0.2) is 27.2 Å². The number of benzene rings is 2. The third-order valence-electron chi connectivity index (χ3n) is 4.63. The zero-order valence-corrected chi connectivity index (χ0v) is 15.6. The van der Waals surface area contributed by atoms with Crippen LogP contribution in [0.15, 0.2) is 60.8 Å². The molecule has 0 aliphatic carbocycles. The highest BCUT2D eigenvalue weighted by atomic mass is 16.5. The van der Waals surface area contributed by atoms with Gasteiger partial charge in [-0.25, -0.2) is 0 Å². The average Bonchev–Trinajstić information content (AvgIpc) is 3.09. The Morgan fingerprint density at radius 3 is 2.86 bits per heavy atom. The van der Waals surface area contributed by atoms with E-state index < -0.39 is 17.4 Å². The number of rotatable bonds is 4. The van der Waals surface area contributed by atoms with Gasteiger partial charge in [-0.15, -0.1) is 0 Å². The van der Waals surface area contributed by atoms with Crippen LogP contribution in [0.2, 0.25) is 0 Å². The molecule has 4 rings (SSSR count). The second-order valence-corrected chi connectivity index (χ2v) is 6.93. The van der Waals surface area contributed by atoms with Crippen molar-refractivity contribution in [2.24, 2.45) is 0 Å². The van der Waals surface area contributed by atoms with E-state index in [4.69, 9.17) is 4.74 Å². The maximum atomic E-state index is 12.8. The third kappa shape index (κ3) is 3.34. The number of hydrogen-bond donors (Lipinski definition) is 2. The topological polar surface area (TPSA) is 85.3 Å². The first-order valence-corrected chi connectivity index (χ1v) is 8.94. The molecule has 0 bridgehead atoms. The summed E-state index contributed by atoms with van der Waals surface area (Å²) in [4.78, 5) is 25.2. The minimum absolute atomic E-state index is 0.356. The van der Waals surface area contributed by atoms with Crippen LogP contribution in [0.5, 0.6) is 5.75 Å². The van der Waals surface area contributed by atoms with Crippen molar-refractivity contribution in [2.75, 3.05) is 10.6 Å². The third-order valence-corrected chi connectivity index (χ3v) is 4.63. The summed E-state index contributed by atoms with van der Waals surface area (Å²) in [6, 6.07) is 16.8. The van der Waals surface area contributed by atoms with Gasteiger partial charge < -0.3 is 15.4 Å². The maximum absolute atomic E-state index is 12.8. The number of carbonyl (C=O) groups excluding carboxylic acids is 2. The van der Waals surface area contributed by atoms with Crippen molar-refractivity contribution in [2.45, 2.75) is 26.0 Å². The molecule has 1 aliphatic heterocycles. The number of carbonyl (C=O) groups is 2. The SMILES string of the molecule is Cc1cccc(Cn2ccc(NC(=O)C3(C)Oc4ccccc4NC3=O)n2)c1. The van der Waals surface area contributed by atoms with Crippen LogP contribution in [0.1, 0.15) is 18.1 Å². The van der Waals surface area contributed by atoms with Gasteiger partial charge in [0.15, 0.2) is 5.82 Å². The maximum Gasteiger partial charge on any atom is 0.279 e.